The van der Waals surface area contributed by atoms with Crippen molar-refractivity contribution in [3.05, 3.63) is 51.8 Å². The van der Waals surface area contributed by atoms with E-state index in [-0.39, 0.29) is 0 Å². The minimum Gasteiger partial charge on any atom is -0.296 e. The van der Waals surface area contributed by atoms with E-state index < -0.39 is 0 Å². The van der Waals surface area contributed by atoms with Gasteiger partial charge in [-0.05, 0) is 42.4 Å². The van der Waals surface area contributed by atoms with Crippen LogP contribution in [0.15, 0.2) is 34.8 Å². The van der Waals surface area contributed by atoms with E-state index in [2.05, 4.69) is 74.9 Å². The summed E-state index contributed by atoms with van der Waals surface area (Å²) in [6.45, 7) is 6.91. The van der Waals surface area contributed by atoms with Crippen LogP contribution in [0.2, 0.25) is 0 Å². The number of nitrogens with zero attached hydrogens (tertiary/aromatic N) is 3. The van der Waals surface area contributed by atoms with Gasteiger partial charge in [0.15, 0.2) is 0 Å². The highest BCUT2D eigenvalue weighted by molar-refractivity contribution is 9.10. The summed E-state index contributed by atoms with van der Waals surface area (Å²) in [4.78, 5) is 2.31. The summed E-state index contributed by atoms with van der Waals surface area (Å²) in [5, 5.41) is 4.53. The highest BCUT2D eigenvalue weighted by atomic mass is 79.9. The molecule has 1 aromatic heterocycles. The summed E-state index contributed by atoms with van der Waals surface area (Å²) in [5.41, 5.74) is 3.64. The number of aromatic nitrogens is 2. The predicted octanol–water partition coefficient (Wildman–Crippen LogP) is 3.61. The maximum atomic E-state index is 4.53. The third-order valence-electron chi connectivity index (χ3n) is 3.17. The van der Waals surface area contributed by atoms with Crippen molar-refractivity contribution in [3.8, 4) is 0 Å². The Bertz CT molecular complexity index is 534. The molecule has 0 radical (unpaired) electrons. The first kappa shape index (κ1) is 14.3. The molecule has 0 spiro atoms. The second kappa shape index (κ2) is 6.35. The molecule has 0 fully saturated rings. The molecule has 0 aliphatic carbocycles. The standard InChI is InChI=1S/C15H20BrN3/c1-4-19-14(15(16)12(2)17-19)11-18(3)10-13-8-6-5-7-9-13/h5-9H,4,10-11H2,1-3H3. The van der Waals surface area contributed by atoms with Gasteiger partial charge in [-0.2, -0.15) is 5.10 Å². The lowest BCUT2D eigenvalue weighted by Crippen LogP contribution is -2.20. The molecule has 0 saturated carbocycles. The van der Waals surface area contributed by atoms with Crippen molar-refractivity contribution in [1.29, 1.82) is 0 Å². The fraction of sp³-hybridized carbons (Fsp3) is 0.400. The van der Waals surface area contributed by atoms with Gasteiger partial charge in [-0.3, -0.25) is 9.58 Å². The first-order chi connectivity index (χ1) is 9.11. The number of hydrogen-bond acceptors (Lipinski definition) is 2. The lowest BCUT2D eigenvalue weighted by atomic mass is 10.2. The molecule has 1 aromatic carbocycles. The molecule has 1 heterocycles. The number of halogens is 1. The van der Waals surface area contributed by atoms with Crippen molar-refractivity contribution in [2.45, 2.75) is 33.5 Å². The second-order valence-electron chi connectivity index (χ2n) is 4.82. The molecular formula is C15H20BrN3. The molecule has 2 aromatic rings. The molecule has 0 bridgehead atoms. The van der Waals surface area contributed by atoms with Crippen molar-refractivity contribution in [2.24, 2.45) is 0 Å². The van der Waals surface area contributed by atoms with Crippen molar-refractivity contribution in [2.75, 3.05) is 7.05 Å². The van der Waals surface area contributed by atoms with Crippen LogP contribution in [0.25, 0.3) is 0 Å². The van der Waals surface area contributed by atoms with Crippen LogP contribution in [-0.2, 0) is 19.6 Å². The lowest BCUT2D eigenvalue weighted by Gasteiger charge is -2.17. The molecule has 0 aliphatic rings. The van der Waals surface area contributed by atoms with Crippen LogP contribution in [0.5, 0.6) is 0 Å². The van der Waals surface area contributed by atoms with Crippen molar-refractivity contribution in [3.63, 3.8) is 0 Å². The zero-order valence-corrected chi connectivity index (χ0v) is 13.3. The zero-order chi connectivity index (χ0) is 13.8. The predicted molar refractivity (Wildman–Crippen MR) is 82.0 cm³/mol. The van der Waals surface area contributed by atoms with E-state index in [0.29, 0.717) is 0 Å². The fourth-order valence-electron chi connectivity index (χ4n) is 2.23. The van der Waals surface area contributed by atoms with Crippen LogP contribution in [0.4, 0.5) is 0 Å². The summed E-state index contributed by atoms with van der Waals surface area (Å²) in [6.07, 6.45) is 0. The van der Waals surface area contributed by atoms with Crippen LogP contribution < -0.4 is 0 Å². The first-order valence-electron chi connectivity index (χ1n) is 6.56. The van der Waals surface area contributed by atoms with Crippen LogP contribution in [0.3, 0.4) is 0 Å². The first-order valence-corrected chi connectivity index (χ1v) is 7.35. The normalized spacial score (nSPS) is 11.2. The summed E-state index contributed by atoms with van der Waals surface area (Å²) in [7, 11) is 2.14. The Kier molecular flexibility index (Phi) is 4.77. The van der Waals surface area contributed by atoms with Gasteiger partial charge < -0.3 is 0 Å². The maximum absolute atomic E-state index is 4.53. The maximum Gasteiger partial charge on any atom is 0.0739 e. The number of benzene rings is 1. The van der Waals surface area contributed by atoms with Gasteiger partial charge in [-0.25, -0.2) is 0 Å². The molecule has 3 nitrogen and oxygen atoms in total. The minimum atomic E-state index is 0.893. The SMILES string of the molecule is CCn1nc(C)c(Br)c1CN(C)Cc1ccccc1. The molecule has 102 valence electrons. The molecule has 4 heteroatoms. The van der Waals surface area contributed by atoms with Crippen LogP contribution in [0, 0.1) is 6.92 Å². The van der Waals surface area contributed by atoms with Gasteiger partial charge in [0.05, 0.1) is 15.9 Å². The van der Waals surface area contributed by atoms with Gasteiger partial charge in [-0.15, -0.1) is 0 Å². The van der Waals surface area contributed by atoms with Gasteiger partial charge in [0, 0.05) is 19.6 Å². The Morgan fingerprint density at radius 2 is 1.89 bits per heavy atom. The van der Waals surface area contributed by atoms with Crippen LogP contribution in [-0.4, -0.2) is 21.7 Å². The zero-order valence-electron chi connectivity index (χ0n) is 11.7. The Morgan fingerprint density at radius 1 is 1.21 bits per heavy atom. The molecule has 0 atom stereocenters. The average molecular weight is 322 g/mol. The third kappa shape index (κ3) is 3.45. The minimum absolute atomic E-state index is 0.893. The van der Waals surface area contributed by atoms with Gasteiger partial charge in [-0.1, -0.05) is 30.3 Å². The van der Waals surface area contributed by atoms with E-state index in [1.54, 1.807) is 0 Å². The Morgan fingerprint density at radius 3 is 2.53 bits per heavy atom. The van der Waals surface area contributed by atoms with E-state index in [1.165, 1.54) is 11.3 Å². The van der Waals surface area contributed by atoms with Gasteiger partial charge in [0.1, 0.15) is 0 Å². The van der Waals surface area contributed by atoms with Crippen LogP contribution >= 0.6 is 15.9 Å². The highest BCUT2D eigenvalue weighted by Crippen LogP contribution is 2.22. The summed E-state index contributed by atoms with van der Waals surface area (Å²) in [5.74, 6) is 0. The quantitative estimate of drug-likeness (QED) is 0.838. The summed E-state index contributed by atoms with van der Waals surface area (Å²) >= 11 is 3.65. The monoisotopic (exact) mass is 321 g/mol. The summed E-state index contributed by atoms with van der Waals surface area (Å²) < 4.78 is 3.20. The van der Waals surface area contributed by atoms with E-state index in [0.717, 1.165) is 29.8 Å². The molecular weight excluding hydrogens is 302 g/mol. The Labute approximate surface area is 123 Å². The fourth-order valence-corrected chi connectivity index (χ4v) is 2.64. The van der Waals surface area contributed by atoms with E-state index in [9.17, 15) is 0 Å². The Hall–Kier alpha value is -1.13. The molecule has 0 amide bonds. The topological polar surface area (TPSA) is 21.1 Å². The molecule has 0 unspecified atom stereocenters. The van der Waals surface area contributed by atoms with Gasteiger partial charge in [0.2, 0.25) is 0 Å². The van der Waals surface area contributed by atoms with E-state index in [4.69, 9.17) is 0 Å². The van der Waals surface area contributed by atoms with Gasteiger partial charge >= 0.3 is 0 Å². The van der Waals surface area contributed by atoms with Crippen LogP contribution in [0.1, 0.15) is 23.9 Å². The third-order valence-corrected chi connectivity index (χ3v) is 4.20. The van der Waals surface area contributed by atoms with Crippen molar-refractivity contribution in [1.82, 2.24) is 14.7 Å². The molecule has 0 aliphatic heterocycles. The molecule has 2 rings (SSSR count). The molecule has 0 saturated heterocycles. The van der Waals surface area contributed by atoms with E-state index in [1.807, 2.05) is 6.92 Å². The summed E-state index contributed by atoms with van der Waals surface area (Å²) in [6, 6.07) is 10.5. The molecule has 0 N–H and O–H groups in total. The number of hydrogen-bond donors (Lipinski definition) is 0. The Balaban J connectivity index is 2.09. The average Bonchev–Trinajstić information content (AvgIpc) is 2.67. The molecule has 19 heavy (non-hydrogen) atoms. The largest absolute Gasteiger partial charge is 0.296 e. The van der Waals surface area contributed by atoms with Crippen molar-refractivity contribution >= 4 is 15.9 Å². The highest BCUT2D eigenvalue weighted by Gasteiger charge is 2.13. The van der Waals surface area contributed by atoms with Crippen molar-refractivity contribution < 1.29 is 0 Å². The smallest absolute Gasteiger partial charge is 0.0739 e. The van der Waals surface area contributed by atoms with Gasteiger partial charge in [0.25, 0.3) is 0 Å². The second-order valence-corrected chi connectivity index (χ2v) is 5.61. The van der Waals surface area contributed by atoms with E-state index >= 15 is 0 Å². The number of rotatable bonds is 5. The lowest BCUT2D eigenvalue weighted by molar-refractivity contribution is 0.307. The number of aryl methyl sites for hydroxylation is 2.